The van der Waals surface area contributed by atoms with Gasteiger partial charge in [0.05, 0.1) is 27.7 Å². The monoisotopic (exact) mass is 356 g/mol. The first-order chi connectivity index (χ1) is 8.78. The van der Waals surface area contributed by atoms with Crippen LogP contribution >= 0.6 is 22.6 Å². The zero-order chi connectivity index (χ0) is 12.8. The van der Waals surface area contributed by atoms with Crippen molar-refractivity contribution in [1.82, 2.24) is 20.1 Å². The second-order valence-corrected chi connectivity index (χ2v) is 5.40. The molecule has 2 aromatic rings. The van der Waals surface area contributed by atoms with Gasteiger partial charge in [-0.1, -0.05) is 13.0 Å². The van der Waals surface area contributed by atoms with Crippen LogP contribution in [0.3, 0.4) is 0 Å². The molecule has 96 valence electrons. The molecule has 0 saturated carbocycles. The van der Waals surface area contributed by atoms with Gasteiger partial charge in [0.2, 0.25) is 0 Å². The van der Waals surface area contributed by atoms with Gasteiger partial charge in [0.1, 0.15) is 0 Å². The van der Waals surface area contributed by atoms with E-state index in [-0.39, 0.29) is 0 Å². The Morgan fingerprint density at radius 3 is 2.89 bits per heavy atom. The van der Waals surface area contributed by atoms with Crippen LogP contribution in [0.5, 0.6) is 0 Å². The summed E-state index contributed by atoms with van der Waals surface area (Å²) in [6.45, 7) is 4.75. The summed E-state index contributed by atoms with van der Waals surface area (Å²) < 4.78 is 3.06. The molecule has 18 heavy (non-hydrogen) atoms. The van der Waals surface area contributed by atoms with Crippen LogP contribution in [0.4, 0.5) is 0 Å². The molecule has 0 unspecified atom stereocenters. The molecule has 1 N–H and O–H groups in total. The highest BCUT2D eigenvalue weighted by molar-refractivity contribution is 14.1. The Balaban J connectivity index is 1.98. The molecule has 2 aromatic heterocycles. The van der Waals surface area contributed by atoms with Crippen LogP contribution in [0.1, 0.15) is 24.7 Å². The van der Waals surface area contributed by atoms with Gasteiger partial charge < -0.3 is 5.32 Å². The minimum Gasteiger partial charge on any atom is -0.311 e. The second kappa shape index (κ2) is 6.84. The van der Waals surface area contributed by atoms with Crippen LogP contribution in [0.25, 0.3) is 0 Å². The first kappa shape index (κ1) is 13.5. The minimum absolute atomic E-state index is 0.727. The molecule has 2 rings (SSSR count). The number of aromatic nitrogens is 3. The van der Waals surface area contributed by atoms with Gasteiger partial charge in [0, 0.05) is 12.7 Å². The van der Waals surface area contributed by atoms with Crippen molar-refractivity contribution in [2.75, 3.05) is 6.54 Å². The number of hydrogen-bond acceptors (Lipinski definition) is 3. The largest absolute Gasteiger partial charge is 0.311 e. The summed E-state index contributed by atoms with van der Waals surface area (Å²) in [6, 6.07) is 6.15. The molecule has 0 aliphatic rings. The van der Waals surface area contributed by atoms with Crippen molar-refractivity contribution in [2.45, 2.75) is 26.4 Å². The SMILES string of the molecule is CCCNCc1cccc(Cn2cc(I)cn2)n1. The maximum atomic E-state index is 4.62. The van der Waals surface area contributed by atoms with Gasteiger partial charge in [-0.05, 0) is 47.7 Å². The van der Waals surface area contributed by atoms with Crippen LogP contribution in [0.15, 0.2) is 30.6 Å². The highest BCUT2D eigenvalue weighted by Crippen LogP contribution is 2.05. The zero-order valence-corrected chi connectivity index (χ0v) is 12.6. The maximum absolute atomic E-state index is 4.62. The zero-order valence-electron chi connectivity index (χ0n) is 10.4. The number of nitrogens with one attached hydrogen (secondary N) is 1. The van der Waals surface area contributed by atoms with E-state index in [9.17, 15) is 0 Å². The number of halogens is 1. The van der Waals surface area contributed by atoms with Crippen LogP contribution in [0.2, 0.25) is 0 Å². The Kier molecular flexibility index (Phi) is 5.12. The van der Waals surface area contributed by atoms with E-state index in [1.54, 1.807) is 0 Å². The molecule has 0 fully saturated rings. The Morgan fingerprint density at radius 2 is 2.17 bits per heavy atom. The van der Waals surface area contributed by atoms with E-state index < -0.39 is 0 Å². The van der Waals surface area contributed by atoms with Crippen LogP contribution in [-0.4, -0.2) is 21.3 Å². The van der Waals surface area contributed by atoms with Gasteiger partial charge in [-0.3, -0.25) is 9.67 Å². The van der Waals surface area contributed by atoms with Crippen molar-refractivity contribution in [3.63, 3.8) is 0 Å². The molecular formula is C13H17IN4. The molecule has 2 heterocycles. The molecule has 5 heteroatoms. The highest BCUT2D eigenvalue weighted by Gasteiger charge is 2.00. The fraction of sp³-hybridized carbons (Fsp3) is 0.385. The van der Waals surface area contributed by atoms with Crippen LogP contribution in [0, 0.1) is 3.57 Å². The van der Waals surface area contributed by atoms with Gasteiger partial charge >= 0.3 is 0 Å². The third kappa shape index (κ3) is 4.06. The average Bonchev–Trinajstić information content (AvgIpc) is 2.76. The first-order valence-electron chi connectivity index (χ1n) is 6.11. The Morgan fingerprint density at radius 1 is 1.33 bits per heavy atom. The van der Waals surface area contributed by atoms with Crippen molar-refractivity contribution in [1.29, 1.82) is 0 Å². The normalized spacial score (nSPS) is 10.8. The van der Waals surface area contributed by atoms with Crippen LogP contribution in [-0.2, 0) is 13.1 Å². The molecule has 0 amide bonds. The standard InChI is InChI=1S/C13H17IN4/c1-2-6-15-8-12-4-3-5-13(17-12)10-18-9-11(14)7-16-18/h3-5,7,9,15H,2,6,8,10H2,1H3. The molecule has 0 spiro atoms. The van der Waals surface area contributed by atoms with E-state index in [0.717, 1.165) is 41.0 Å². The van der Waals surface area contributed by atoms with E-state index in [4.69, 9.17) is 0 Å². The molecule has 0 bridgehead atoms. The van der Waals surface area contributed by atoms with Crippen LogP contribution < -0.4 is 5.32 Å². The van der Waals surface area contributed by atoms with Gasteiger partial charge in [0.15, 0.2) is 0 Å². The summed E-state index contributed by atoms with van der Waals surface area (Å²) in [4.78, 5) is 4.62. The third-order valence-electron chi connectivity index (χ3n) is 2.52. The molecule has 0 aliphatic carbocycles. The van der Waals surface area contributed by atoms with Crippen molar-refractivity contribution in [3.05, 3.63) is 45.6 Å². The summed E-state index contributed by atoms with van der Waals surface area (Å²) in [7, 11) is 0. The van der Waals surface area contributed by atoms with Crippen molar-refractivity contribution >= 4 is 22.6 Å². The summed E-state index contributed by atoms with van der Waals surface area (Å²) in [5.74, 6) is 0. The number of pyridine rings is 1. The highest BCUT2D eigenvalue weighted by atomic mass is 127. The molecule has 0 saturated heterocycles. The number of hydrogen-bond donors (Lipinski definition) is 1. The lowest BCUT2D eigenvalue weighted by molar-refractivity contribution is 0.645. The smallest absolute Gasteiger partial charge is 0.0831 e. The lowest BCUT2D eigenvalue weighted by atomic mass is 10.3. The van der Waals surface area contributed by atoms with Gasteiger partial charge in [-0.2, -0.15) is 5.10 Å². The fourth-order valence-electron chi connectivity index (χ4n) is 1.70. The quantitative estimate of drug-likeness (QED) is 0.639. The maximum Gasteiger partial charge on any atom is 0.0831 e. The molecule has 0 radical (unpaired) electrons. The first-order valence-corrected chi connectivity index (χ1v) is 7.19. The van der Waals surface area contributed by atoms with E-state index in [1.807, 2.05) is 23.1 Å². The summed E-state index contributed by atoms with van der Waals surface area (Å²) in [5.41, 5.74) is 2.13. The second-order valence-electron chi connectivity index (χ2n) is 4.15. The molecule has 0 atom stereocenters. The lowest BCUT2D eigenvalue weighted by Gasteiger charge is -2.05. The topological polar surface area (TPSA) is 42.7 Å². The third-order valence-corrected chi connectivity index (χ3v) is 3.08. The van der Waals surface area contributed by atoms with Gasteiger partial charge in [-0.15, -0.1) is 0 Å². The van der Waals surface area contributed by atoms with Crippen molar-refractivity contribution in [3.8, 4) is 0 Å². The fourth-order valence-corrected chi connectivity index (χ4v) is 2.15. The number of rotatable bonds is 6. The average molecular weight is 356 g/mol. The van der Waals surface area contributed by atoms with E-state index >= 15 is 0 Å². The van der Waals surface area contributed by atoms with Gasteiger partial charge in [0.25, 0.3) is 0 Å². The minimum atomic E-state index is 0.727. The van der Waals surface area contributed by atoms with E-state index in [2.05, 4.69) is 57.0 Å². The Hall–Kier alpha value is -0.950. The predicted octanol–water partition coefficient (Wildman–Crippen LogP) is 2.43. The Labute approximate surface area is 121 Å². The predicted molar refractivity (Wildman–Crippen MR) is 80.3 cm³/mol. The lowest BCUT2D eigenvalue weighted by Crippen LogP contribution is -2.15. The van der Waals surface area contributed by atoms with Crippen molar-refractivity contribution in [2.24, 2.45) is 0 Å². The summed E-state index contributed by atoms with van der Waals surface area (Å²) >= 11 is 2.26. The molecular weight excluding hydrogens is 339 g/mol. The molecule has 4 nitrogen and oxygen atoms in total. The van der Waals surface area contributed by atoms with E-state index in [1.165, 1.54) is 0 Å². The number of nitrogens with zero attached hydrogens (tertiary/aromatic N) is 3. The van der Waals surface area contributed by atoms with Crippen molar-refractivity contribution < 1.29 is 0 Å². The summed E-state index contributed by atoms with van der Waals surface area (Å²) in [6.07, 6.45) is 5.02. The Bertz CT molecular complexity index is 495. The van der Waals surface area contributed by atoms with E-state index in [0.29, 0.717) is 0 Å². The van der Waals surface area contributed by atoms with Gasteiger partial charge in [-0.25, -0.2) is 0 Å². The molecule has 0 aliphatic heterocycles. The molecule has 0 aromatic carbocycles. The summed E-state index contributed by atoms with van der Waals surface area (Å²) in [5, 5.41) is 7.63.